The summed E-state index contributed by atoms with van der Waals surface area (Å²) in [6.07, 6.45) is 0. The highest BCUT2D eigenvalue weighted by atomic mass is 35.5. The molecule has 0 bridgehead atoms. The van der Waals surface area contributed by atoms with Crippen molar-refractivity contribution in [1.29, 1.82) is 0 Å². The Morgan fingerprint density at radius 3 is 2.62 bits per heavy atom. The number of nitrogens with zero attached hydrogens (tertiary/aromatic N) is 2. The van der Waals surface area contributed by atoms with Crippen LogP contribution in [0.4, 0.5) is 0 Å². The average Bonchev–Trinajstić information content (AvgIpc) is 3.09. The smallest absolute Gasteiger partial charge is 0.336 e. The zero-order valence-corrected chi connectivity index (χ0v) is 18.9. The van der Waals surface area contributed by atoms with Crippen molar-refractivity contribution >= 4 is 40.6 Å². The molecule has 7 nitrogen and oxygen atoms in total. The lowest BCUT2D eigenvalue weighted by atomic mass is 9.76. The van der Waals surface area contributed by atoms with Crippen LogP contribution in [0.25, 0.3) is 0 Å². The largest absolute Gasteiger partial charge is 0.468 e. The summed E-state index contributed by atoms with van der Waals surface area (Å²) >= 11 is 7.74. The van der Waals surface area contributed by atoms with Gasteiger partial charge in [-0.3, -0.25) is 9.79 Å². The Bertz CT molecular complexity index is 803. The van der Waals surface area contributed by atoms with E-state index in [1.807, 2.05) is 30.4 Å². The van der Waals surface area contributed by atoms with Gasteiger partial charge in [0.05, 0.1) is 42.5 Å². The first-order valence-corrected chi connectivity index (χ1v) is 10.6. The summed E-state index contributed by atoms with van der Waals surface area (Å²) in [5.74, 6) is -2.42. The second-order valence-corrected chi connectivity index (χ2v) is 8.34. The Hall–Kier alpha value is -1.74. The van der Waals surface area contributed by atoms with E-state index in [1.165, 1.54) is 18.4 Å². The molecule has 0 N–H and O–H groups in total. The van der Waals surface area contributed by atoms with Crippen LogP contribution in [0.5, 0.6) is 0 Å². The summed E-state index contributed by atoms with van der Waals surface area (Å²) in [5, 5.41) is 1.82. The first kappa shape index (κ1) is 23.5. The van der Waals surface area contributed by atoms with Crippen molar-refractivity contribution in [2.75, 3.05) is 47.6 Å². The number of thiophene rings is 1. The number of hydrogen-bond acceptors (Lipinski definition) is 8. The fourth-order valence-electron chi connectivity index (χ4n) is 3.20. The number of methoxy groups -OCH3 is 1. The molecule has 0 fully saturated rings. The number of rotatable bonds is 9. The third-order valence-corrected chi connectivity index (χ3v) is 5.77. The van der Waals surface area contributed by atoms with Crippen molar-refractivity contribution in [3.05, 3.63) is 32.6 Å². The van der Waals surface area contributed by atoms with Crippen LogP contribution in [0.2, 0.25) is 4.34 Å². The van der Waals surface area contributed by atoms with E-state index in [0.29, 0.717) is 27.9 Å². The van der Waals surface area contributed by atoms with Crippen molar-refractivity contribution < 1.29 is 23.8 Å². The molecule has 1 aliphatic heterocycles. The zero-order valence-electron chi connectivity index (χ0n) is 17.4. The van der Waals surface area contributed by atoms with Gasteiger partial charge in [-0.15, -0.1) is 11.3 Å². The molecule has 1 aromatic heterocycles. The topological polar surface area (TPSA) is 77.4 Å². The van der Waals surface area contributed by atoms with Crippen LogP contribution in [0.1, 0.15) is 25.3 Å². The molecule has 0 aliphatic carbocycles. The Morgan fingerprint density at radius 2 is 2.07 bits per heavy atom. The van der Waals surface area contributed by atoms with Gasteiger partial charge < -0.3 is 19.1 Å². The van der Waals surface area contributed by atoms with Crippen molar-refractivity contribution in [1.82, 2.24) is 4.90 Å². The predicted molar refractivity (Wildman–Crippen MR) is 114 cm³/mol. The molecule has 2 atom stereocenters. The minimum Gasteiger partial charge on any atom is -0.468 e. The minimum atomic E-state index is -0.767. The van der Waals surface area contributed by atoms with Crippen LogP contribution in [0, 0.1) is 5.92 Å². The van der Waals surface area contributed by atoms with E-state index in [2.05, 4.69) is 4.99 Å². The van der Waals surface area contributed by atoms with E-state index in [-0.39, 0.29) is 18.8 Å². The first-order chi connectivity index (χ1) is 13.8. The maximum atomic E-state index is 12.9. The highest BCUT2D eigenvalue weighted by Crippen LogP contribution is 2.44. The number of ether oxygens (including phenoxy) is 3. The minimum absolute atomic E-state index is 0.130. The zero-order chi connectivity index (χ0) is 21.6. The number of likely N-dealkylation sites (N-methyl/N-ethyl adjacent to an activating group) is 1. The highest BCUT2D eigenvalue weighted by Gasteiger charge is 2.44. The molecule has 29 heavy (non-hydrogen) atoms. The van der Waals surface area contributed by atoms with E-state index in [1.54, 1.807) is 13.8 Å². The van der Waals surface area contributed by atoms with Crippen molar-refractivity contribution in [2.45, 2.75) is 19.8 Å². The molecule has 0 saturated heterocycles. The molecule has 2 heterocycles. The van der Waals surface area contributed by atoms with Crippen LogP contribution in [0.3, 0.4) is 0 Å². The average molecular weight is 443 g/mol. The summed E-state index contributed by atoms with van der Waals surface area (Å²) in [7, 11) is 5.21. The summed E-state index contributed by atoms with van der Waals surface area (Å²) < 4.78 is 16.6. The lowest BCUT2D eigenvalue weighted by molar-refractivity contribution is -0.144. The summed E-state index contributed by atoms with van der Waals surface area (Å²) in [5.41, 5.74) is 1.96. The molecule has 0 amide bonds. The molecule has 2 rings (SSSR count). The maximum Gasteiger partial charge on any atom is 0.336 e. The SMILES string of the molecule is CCOC(=O)C1=C(COCCN(C)C)N=C(C)C(C(=O)OC)C1c1ccsc1Cl. The van der Waals surface area contributed by atoms with Gasteiger partial charge in [0.15, 0.2) is 0 Å². The summed E-state index contributed by atoms with van der Waals surface area (Å²) in [4.78, 5) is 32.1. The molecule has 0 aromatic carbocycles. The fourth-order valence-corrected chi connectivity index (χ4v) is 4.20. The van der Waals surface area contributed by atoms with Crippen LogP contribution >= 0.6 is 22.9 Å². The van der Waals surface area contributed by atoms with Gasteiger partial charge >= 0.3 is 11.9 Å². The fraction of sp³-hybridized carbons (Fsp3) is 0.550. The second kappa shape index (κ2) is 10.9. The van der Waals surface area contributed by atoms with Crippen LogP contribution in [-0.2, 0) is 23.8 Å². The summed E-state index contributed by atoms with van der Waals surface area (Å²) in [6, 6.07) is 1.82. The van der Waals surface area contributed by atoms with E-state index in [9.17, 15) is 9.59 Å². The number of hydrogen-bond donors (Lipinski definition) is 0. The van der Waals surface area contributed by atoms with E-state index >= 15 is 0 Å². The van der Waals surface area contributed by atoms with Crippen molar-refractivity contribution in [3.8, 4) is 0 Å². The molecule has 0 saturated carbocycles. The van der Waals surface area contributed by atoms with E-state index in [4.69, 9.17) is 25.8 Å². The van der Waals surface area contributed by atoms with Crippen LogP contribution < -0.4 is 0 Å². The van der Waals surface area contributed by atoms with E-state index in [0.717, 1.165) is 6.54 Å². The Morgan fingerprint density at radius 1 is 1.34 bits per heavy atom. The molecule has 0 radical (unpaired) electrons. The first-order valence-electron chi connectivity index (χ1n) is 9.30. The monoisotopic (exact) mass is 442 g/mol. The molecule has 9 heteroatoms. The van der Waals surface area contributed by atoms with Crippen LogP contribution in [-0.4, -0.2) is 70.1 Å². The molecule has 2 unspecified atom stereocenters. The molecule has 1 aliphatic rings. The Labute approximate surface area is 180 Å². The van der Waals surface area contributed by atoms with Gasteiger partial charge in [-0.2, -0.15) is 0 Å². The molecular weight excluding hydrogens is 416 g/mol. The number of esters is 2. The third kappa shape index (κ3) is 5.66. The van der Waals surface area contributed by atoms with Gasteiger partial charge in [0.25, 0.3) is 0 Å². The van der Waals surface area contributed by atoms with Crippen LogP contribution in [0.15, 0.2) is 27.7 Å². The van der Waals surface area contributed by atoms with Gasteiger partial charge in [-0.25, -0.2) is 4.79 Å². The maximum absolute atomic E-state index is 12.9. The second-order valence-electron chi connectivity index (χ2n) is 6.82. The number of carbonyl (C=O) groups is 2. The lowest BCUT2D eigenvalue weighted by Crippen LogP contribution is -2.37. The third-order valence-electron chi connectivity index (χ3n) is 4.57. The quantitative estimate of drug-likeness (QED) is 0.432. The number of aliphatic imine (C=N–C) groups is 1. The highest BCUT2D eigenvalue weighted by molar-refractivity contribution is 7.14. The Kier molecular flexibility index (Phi) is 8.82. The predicted octanol–water partition coefficient (Wildman–Crippen LogP) is 3.14. The van der Waals surface area contributed by atoms with Gasteiger partial charge in [0.1, 0.15) is 5.92 Å². The van der Waals surface area contributed by atoms with Gasteiger partial charge in [0, 0.05) is 18.2 Å². The Balaban J connectivity index is 2.53. The number of halogens is 1. The van der Waals surface area contributed by atoms with Crippen molar-refractivity contribution in [2.24, 2.45) is 10.9 Å². The van der Waals surface area contributed by atoms with Gasteiger partial charge in [-0.05, 0) is 45.0 Å². The standard InChI is InChI=1S/C20H27ClN2O5S/c1-6-28-20(25)17-14(11-27-9-8-23(3)4)22-12(2)15(19(24)26-5)16(17)13-7-10-29-18(13)21/h7,10,15-16H,6,8-9,11H2,1-5H3. The van der Waals surface area contributed by atoms with Gasteiger partial charge in [-0.1, -0.05) is 11.6 Å². The van der Waals surface area contributed by atoms with Gasteiger partial charge in [0.2, 0.25) is 0 Å². The number of carbonyl (C=O) groups excluding carboxylic acids is 2. The normalized spacial score (nSPS) is 19.3. The molecule has 0 spiro atoms. The molecule has 160 valence electrons. The molecule has 1 aromatic rings. The van der Waals surface area contributed by atoms with Crippen molar-refractivity contribution in [3.63, 3.8) is 0 Å². The lowest BCUT2D eigenvalue weighted by Gasteiger charge is -2.31. The van der Waals surface area contributed by atoms with E-state index < -0.39 is 23.8 Å². The molecular formula is C20H27ClN2O5S. The summed E-state index contributed by atoms with van der Waals surface area (Å²) in [6.45, 7) is 5.02.